The van der Waals surface area contributed by atoms with E-state index in [0.29, 0.717) is 10.2 Å². The van der Waals surface area contributed by atoms with Gasteiger partial charge in [-0.3, -0.25) is 4.79 Å². The summed E-state index contributed by atoms with van der Waals surface area (Å²) >= 11 is 9.17. The van der Waals surface area contributed by atoms with Gasteiger partial charge in [0.25, 0.3) is 0 Å². The molecule has 0 heterocycles. The summed E-state index contributed by atoms with van der Waals surface area (Å²) in [5.74, 6) is -0.519. The molecule has 0 spiro atoms. The number of carbonyl (C=O) groups excluding carboxylic acids is 1. The summed E-state index contributed by atoms with van der Waals surface area (Å²) in [6.07, 6.45) is 3.60. The van der Waals surface area contributed by atoms with Gasteiger partial charge in [0.2, 0.25) is 5.91 Å². The van der Waals surface area contributed by atoms with Crippen molar-refractivity contribution in [2.75, 3.05) is 5.32 Å². The van der Waals surface area contributed by atoms with Crippen molar-refractivity contribution in [2.24, 2.45) is 5.92 Å². The molecule has 0 saturated heterocycles. The van der Waals surface area contributed by atoms with Gasteiger partial charge in [-0.25, -0.2) is 4.39 Å². The highest BCUT2D eigenvalue weighted by Gasteiger charge is 2.19. The van der Waals surface area contributed by atoms with Crippen LogP contribution in [0.15, 0.2) is 16.6 Å². The summed E-state index contributed by atoms with van der Waals surface area (Å²) in [6, 6.07) is 2.48. The van der Waals surface area contributed by atoms with Crippen molar-refractivity contribution in [1.82, 2.24) is 0 Å². The first-order valence-electron chi connectivity index (χ1n) is 6.45. The predicted molar refractivity (Wildman–Crippen MR) is 81.0 cm³/mol. The number of amides is 1. The lowest BCUT2D eigenvalue weighted by molar-refractivity contribution is -0.120. The lowest BCUT2D eigenvalue weighted by atomic mass is 9.97. The quantitative estimate of drug-likeness (QED) is 0.731. The van der Waals surface area contributed by atoms with Crippen molar-refractivity contribution in [3.8, 4) is 0 Å². The molecule has 0 fully saturated rings. The smallest absolute Gasteiger partial charge is 0.227 e. The highest BCUT2D eigenvalue weighted by atomic mass is 79.9. The van der Waals surface area contributed by atoms with Gasteiger partial charge < -0.3 is 5.32 Å². The fraction of sp³-hybridized carbons (Fsp3) is 0.500. The van der Waals surface area contributed by atoms with Crippen molar-refractivity contribution < 1.29 is 9.18 Å². The van der Waals surface area contributed by atoms with Gasteiger partial charge in [-0.2, -0.15) is 0 Å². The van der Waals surface area contributed by atoms with Crippen molar-refractivity contribution in [2.45, 2.75) is 39.5 Å². The number of carbonyl (C=O) groups is 1. The van der Waals surface area contributed by atoms with Gasteiger partial charge in [0.1, 0.15) is 5.82 Å². The summed E-state index contributed by atoms with van der Waals surface area (Å²) in [6.45, 7) is 4.10. The molecule has 1 aromatic rings. The van der Waals surface area contributed by atoms with Crippen molar-refractivity contribution in [1.29, 1.82) is 0 Å². The topological polar surface area (TPSA) is 29.1 Å². The zero-order valence-electron chi connectivity index (χ0n) is 11.1. The van der Waals surface area contributed by atoms with Crippen LogP contribution >= 0.6 is 27.5 Å². The maximum absolute atomic E-state index is 13.1. The Hall–Kier alpha value is -0.610. The average Bonchev–Trinajstić information content (AvgIpc) is 2.33. The van der Waals surface area contributed by atoms with E-state index >= 15 is 0 Å². The Morgan fingerprint density at radius 3 is 2.42 bits per heavy atom. The number of rotatable bonds is 6. The van der Waals surface area contributed by atoms with Crippen LogP contribution in [0.1, 0.15) is 39.5 Å². The third kappa shape index (κ3) is 4.77. The Morgan fingerprint density at radius 2 is 1.95 bits per heavy atom. The Kier molecular flexibility index (Phi) is 6.80. The molecule has 1 aromatic carbocycles. The Morgan fingerprint density at radius 1 is 1.37 bits per heavy atom. The number of benzene rings is 1. The van der Waals surface area contributed by atoms with E-state index in [1.54, 1.807) is 0 Å². The maximum atomic E-state index is 13.1. The molecule has 0 aliphatic carbocycles. The van der Waals surface area contributed by atoms with Crippen LogP contribution < -0.4 is 5.32 Å². The number of hydrogen-bond donors (Lipinski definition) is 1. The zero-order valence-corrected chi connectivity index (χ0v) is 13.4. The van der Waals surface area contributed by atoms with E-state index in [4.69, 9.17) is 11.6 Å². The second-order valence-corrected chi connectivity index (χ2v) is 5.77. The van der Waals surface area contributed by atoms with Crippen LogP contribution in [0.3, 0.4) is 0 Å². The van der Waals surface area contributed by atoms with Crippen LogP contribution in [-0.2, 0) is 4.79 Å². The van der Waals surface area contributed by atoms with Crippen LogP contribution in [0.25, 0.3) is 0 Å². The molecule has 0 saturated carbocycles. The van der Waals surface area contributed by atoms with Crippen molar-refractivity contribution >= 4 is 39.1 Å². The molecule has 106 valence electrons. The van der Waals surface area contributed by atoms with Gasteiger partial charge in [-0.05, 0) is 40.9 Å². The molecule has 0 unspecified atom stereocenters. The molecule has 0 radical (unpaired) electrons. The number of anilines is 1. The van der Waals surface area contributed by atoms with Gasteiger partial charge in [0, 0.05) is 10.4 Å². The van der Waals surface area contributed by atoms with E-state index in [1.165, 1.54) is 12.1 Å². The van der Waals surface area contributed by atoms with E-state index in [-0.39, 0.29) is 16.8 Å². The molecule has 0 aromatic heterocycles. The monoisotopic (exact) mass is 349 g/mol. The molecular weight excluding hydrogens is 333 g/mol. The van der Waals surface area contributed by atoms with Crippen molar-refractivity contribution in [3.05, 3.63) is 27.4 Å². The number of halogens is 3. The van der Waals surface area contributed by atoms with Gasteiger partial charge in [-0.15, -0.1) is 0 Å². The minimum absolute atomic E-state index is 0.0250. The highest BCUT2D eigenvalue weighted by Crippen LogP contribution is 2.32. The van der Waals surface area contributed by atoms with Gasteiger partial charge in [-0.1, -0.05) is 38.3 Å². The first-order chi connectivity index (χ1) is 8.99. The Balaban J connectivity index is 2.86. The molecule has 5 heteroatoms. The number of hydrogen-bond acceptors (Lipinski definition) is 1. The van der Waals surface area contributed by atoms with E-state index in [2.05, 4.69) is 35.1 Å². The Labute approximate surface area is 126 Å². The third-order valence-electron chi connectivity index (χ3n) is 2.90. The maximum Gasteiger partial charge on any atom is 0.227 e. The normalized spacial score (nSPS) is 10.8. The zero-order chi connectivity index (χ0) is 14.4. The molecule has 0 aliphatic rings. The predicted octanol–water partition coefficient (Wildman–Crippen LogP) is 5.40. The second kappa shape index (κ2) is 7.85. The van der Waals surface area contributed by atoms with E-state index in [0.717, 1.165) is 25.7 Å². The SMILES string of the molecule is CCCC(CCC)C(=O)Nc1c(Cl)cc(F)cc1Br. The highest BCUT2D eigenvalue weighted by molar-refractivity contribution is 9.10. The lowest BCUT2D eigenvalue weighted by Gasteiger charge is -2.16. The molecule has 0 atom stereocenters. The third-order valence-corrected chi connectivity index (χ3v) is 3.82. The Bertz CT molecular complexity index is 424. The van der Waals surface area contributed by atoms with E-state index < -0.39 is 5.82 Å². The fourth-order valence-corrected chi connectivity index (χ4v) is 2.89. The van der Waals surface area contributed by atoms with E-state index in [9.17, 15) is 9.18 Å². The minimum Gasteiger partial charge on any atom is -0.324 e. The molecule has 0 bridgehead atoms. The largest absolute Gasteiger partial charge is 0.324 e. The summed E-state index contributed by atoms with van der Waals surface area (Å²) in [7, 11) is 0. The second-order valence-electron chi connectivity index (χ2n) is 4.51. The molecular formula is C14H18BrClFNO. The van der Waals surface area contributed by atoms with Gasteiger partial charge in [0.15, 0.2) is 0 Å². The summed E-state index contributed by atoms with van der Waals surface area (Å²) in [5.41, 5.74) is 0.435. The molecule has 19 heavy (non-hydrogen) atoms. The summed E-state index contributed by atoms with van der Waals surface area (Å²) in [5, 5.41) is 2.99. The molecule has 1 rings (SSSR count). The lowest BCUT2D eigenvalue weighted by Crippen LogP contribution is -2.23. The number of nitrogens with one attached hydrogen (secondary N) is 1. The van der Waals surface area contributed by atoms with Gasteiger partial charge >= 0.3 is 0 Å². The average molecular weight is 351 g/mol. The van der Waals surface area contributed by atoms with Gasteiger partial charge in [0.05, 0.1) is 10.7 Å². The molecule has 2 nitrogen and oxygen atoms in total. The van der Waals surface area contributed by atoms with Crippen LogP contribution in [-0.4, -0.2) is 5.91 Å². The fourth-order valence-electron chi connectivity index (χ4n) is 1.99. The van der Waals surface area contributed by atoms with Crippen LogP contribution in [0, 0.1) is 11.7 Å². The first kappa shape index (κ1) is 16.4. The van der Waals surface area contributed by atoms with E-state index in [1.807, 2.05) is 0 Å². The van der Waals surface area contributed by atoms with Crippen LogP contribution in [0.5, 0.6) is 0 Å². The minimum atomic E-state index is -0.437. The van der Waals surface area contributed by atoms with Crippen molar-refractivity contribution in [3.63, 3.8) is 0 Å². The van der Waals surface area contributed by atoms with Crippen LogP contribution in [0.2, 0.25) is 5.02 Å². The summed E-state index contributed by atoms with van der Waals surface area (Å²) in [4.78, 5) is 12.2. The molecule has 1 N–H and O–H groups in total. The summed E-state index contributed by atoms with van der Waals surface area (Å²) < 4.78 is 13.6. The van der Waals surface area contributed by atoms with Crippen LogP contribution in [0.4, 0.5) is 10.1 Å². The standard InChI is InChI=1S/C14H18BrClFNO/c1-3-5-9(6-4-2)14(19)18-13-11(15)7-10(17)8-12(13)16/h7-9H,3-6H2,1-2H3,(H,18,19). The first-order valence-corrected chi connectivity index (χ1v) is 7.62. The molecule has 0 aliphatic heterocycles. The molecule has 1 amide bonds.